The Morgan fingerprint density at radius 1 is 1.30 bits per heavy atom. The molecule has 0 saturated heterocycles. The number of fused-ring (bicyclic) bond motifs is 1. The molecule has 2 unspecified atom stereocenters. The maximum absolute atomic E-state index is 6.03. The fourth-order valence-electron chi connectivity index (χ4n) is 3.31. The monoisotopic (exact) mass is 273 g/mol. The highest BCUT2D eigenvalue weighted by atomic mass is 16.5. The van der Waals surface area contributed by atoms with E-state index in [-0.39, 0.29) is 0 Å². The third kappa shape index (κ3) is 3.54. The van der Waals surface area contributed by atoms with E-state index >= 15 is 0 Å². The highest BCUT2D eigenvalue weighted by Crippen LogP contribution is 2.35. The highest BCUT2D eigenvalue weighted by Gasteiger charge is 2.30. The Kier molecular flexibility index (Phi) is 4.62. The number of benzene rings is 1. The maximum atomic E-state index is 6.03. The molecule has 1 N–H and O–H groups in total. The molecular weight excluding hydrogens is 246 g/mol. The molecule has 0 spiro atoms. The molecule has 0 radical (unpaired) electrons. The van der Waals surface area contributed by atoms with Crippen LogP contribution in [0.4, 0.5) is 0 Å². The molecular formula is C18H27NO. The van der Waals surface area contributed by atoms with Gasteiger partial charge in [0.15, 0.2) is 0 Å². The predicted molar refractivity (Wildman–Crippen MR) is 83.2 cm³/mol. The molecule has 0 aromatic heterocycles. The zero-order valence-electron chi connectivity index (χ0n) is 12.6. The summed E-state index contributed by atoms with van der Waals surface area (Å²) in [5, 5.41) is 3.73. The molecule has 1 saturated carbocycles. The van der Waals surface area contributed by atoms with E-state index in [1.54, 1.807) is 0 Å². The number of ether oxygens (including phenoxy) is 1. The number of para-hydroxylation sites is 1. The van der Waals surface area contributed by atoms with Gasteiger partial charge in [0.2, 0.25) is 0 Å². The van der Waals surface area contributed by atoms with Gasteiger partial charge in [-0.2, -0.15) is 0 Å². The number of hydrogen-bond donors (Lipinski definition) is 1. The first kappa shape index (κ1) is 13.9. The second-order valence-corrected chi connectivity index (χ2v) is 6.38. The summed E-state index contributed by atoms with van der Waals surface area (Å²) in [6.07, 6.45) is 9.44. The molecule has 1 aliphatic heterocycles. The summed E-state index contributed by atoms with van der Waals surface area (Å²) in [6.45, 7) is 3.42. The lowest BCUT2D eigenvalue weighted by Crippen LogP contribution is -2.32. The van der Waals surface area contributed by atoms with Crippen LogP contribution in [0.25, 0.3) is 0 Å². The summed E-state index contributed by atoms with van der Waals surface area (Å²) < 4.78 is 6.03. The van der Waals surface area contributed by atoms with Crippen LogP contribution in [0.5, 0.6) is 5.75 Å². The van der Waals surface area contributed by atoms with Crippen LogP contribution in [-0.4, -0.2) is 18.7 Å². The second-order valence-electron chi connectivity index (χ2n) is 6.38. The molecule has 2 atom stereocenters. The summed E-state index contributed by atoms with van der Waals surface area (Å²) in [7, 11) is 0. The van der Waals surface area contributed by atoms with Crippen molar-refractivity contribution in [1.29, 1.82) is 0 Å². The highest BCUT2D eigenvalue weighted by molar-refractivity contribution is 5.37. The van der Waals surface area contributed by atoms with Gasteiger partial charge < -0.3 is 10.1 Å². The lowest BCUT2D eigenvalue weighted by molar-refractivity contribution is 0.213. The average Bonchev–Trinajstić information content (AvgIpc) is 3.22. The molecule has 1 fully saturated rings. The largest absolute Gasteiger partial charge is 0.490 e. The number of hydrogen-bond acceptors (Lipinski definition) is 2. The first-order valence-electron chi connectivity index (χ1n) is 8.34. The molecule has 2 heteroatoms. The molecule has 20 heavy (non-hydrogen) atoms. The van der Waals surface area contributed by atoms with Crippen LogP contribution >= 0.6 is 0 Å². The van der Waals surface area contributed by atoms with Gasteiger partial charge in [-0.05, 0) is 62.6 Å². The average molecular weight is 273 g/mol. The van der Waals surface area contributed by atoms with E-state index in [1.807, 2.05) is 0 Å². The minimum absolute atomic E-state index is 0.415. The molecule has 0 bridgehead atoms. The fraction of sp³-hybridized carbons (Fsp3) is 0.667. The molecule has 1 aromatic carbocycles. The van der Waals surface area contributed by atoms with Gasteiger partial charge in [0.05, 0.1) is 0 Å². The van der Waals surface area contributed by atoms with E-state index in [4.69, 9.17) is 4.74 Å². The van der Waals surface area contributed by atoms with E-state index < -0.39 is 0 Å². The summed E-state index contributed by atoms with van der Waals surface area (Å²) in [5.41, 5.74) is 1.39. The van der Waals surface area contributed by atoms with Crippen molar-refractivity contribution < 1.29 is 4.74 Å². The Hall–Kier alpha value is -1.02. The van der Waals surface area contributed by atoms with E-state index in [0.29, 0.717) is 6.10 Å². The van der Waals surface area contributed by atoms with Gasteiger partial charge in [-0.1, -0.05) is 25.1 Å². The topological polar surface area (TPSA) is 21.3 Å². The van der Waals surface area contributed by atoms with Crippen LogP contribution in [0.2, 0.25) is 0 Å². The minimum atomic E-state index is 0.415. The Balaban J connectivity index is 1.40. The Morgan fingerprint density at radius 2 is 2.15 bits per heavy atom. The van der Waals surface area contributed by atoms with Crippen molar-refractivity contribution >= 4 is 0 Å². The van der Waals surface area contributed by atoms with Crippen molar-refractivity contribution in [3.8, 4) is 5.75 Å². The van der Waals surface area contributed by atoms with E-state index in [9.17, 15) is 0 Å². The number of rotatable bonds is 8. The second kappa shape index (κ2) is 6.62. The molecule has 110 valence electrons. The lowest BCUT2D eigenvalue weighted by atomic mass is 10.0. The third-order valence-electron chi connectivity index (χ3n) is 4.60. The van der Waals surface area contributed by atoms with Gasteiger partial charge in [0.1, 0.15) is 11.9 Å². The smallest absolute Gasteiger partial charge is 0.123 e. The predicted octanol–water partition coefficient (Wildman–Crippen LogP) is 3.94. The van der Waals surface area contributed by atoms with Gasteiger partial charge in [-0.3, -0.25) is 0 Å². The Bertz CT molecular complexity index is 402. The molecule has 3 rings (SSSR count). The summed E-state index contributed by atoms with van der Waals surface area (Å²) in [5.74, 6) is 2.07. The van der Waals surface area contributed by atoms with Crippen LogP contribution in [0, 0.1) is 5.92 Å². The zero-order chi connectivity index (χ0) is 13.8. The lowest BCUT2D eigenvalue weighted by Gasteiger charge is -2.19. The van der Waals surface area contributed by atoms with Gasteiger partial charge in [0, 0.05) is 12.5 Å². The van der Waals surface area contributed by atoms with Gasteiger partial charge in [-0.25, -0.2) is 0 Å². The standard InChI is InChI=1S/C18H27NO/c1-2-12-19-17(14-10-11-14)8-5-7-16-13-15-6-3-4-9-18(15)20-16/h3-4,6,9,14,16-17,19H,2,5,7-8,10-13H2,1H3. The van der Waals surface area contributed by atoms with Crippen LogP contribution < -0.4 is 10.1 Å². The number of nitrogens with one attached hydrogen (secondary N) is 1. The van der Waals surface area contributed by atoms with Crippen LogP contribution in [0.3, 0.4) is 0 Å². The van der Waals surface area contributed by atoms with Crippen molar-refractivity contribution in [3.63, 3.8) is 0 Å². The maximum Gasteiger partial charge on any atom is 0.123 e. The van der Waals surface area contributed by atoms with E-state index in [2.05, 4.69) is 36.5 Å². The molecule has 1 heterocycles. The van der Waals surface area contributed by atoms with Gasteiger partial charge in [-0.15, -0.1) is 0 Å². The zero-order valence-corrected chi connectivity index (χ0v) is 12.6. The molecule has 2 nitrogen and oxygen atoms in total. The quantitative estimate of drug-likeness (QED) is 0.774. The van der Waals surface area contributed by atoms with Crippen LogP contribution in [-0.2, 0) is 6.42 Å². The van der Waals surface area contributed by atoms with Crippen molar-refractivity contribution in [2.45, 2.75) is 64.0 Å². The first-order valence-corrected chi connectivity index (χ1v) is 8.34. The minimum Gasteiger partial charge on any atom is -0.490 e. The van der Waals surface area contributed by atoms with Crippen molar-refractivity contribution in [3.05, 3.63) is 29.8 Å². The van der Waals surface area contributed by atoms with E-state index in [1.165, 1.54) is 50.6 Å². The van der Waals surface area contributed by atoms with Crippen molar-refractivity contribution in [2.24, 2.45) is 5.92 Å². The van der Waals surface area contributed by atoms with Gasteiger partial charge in [0.25, 0.3) is 0 Å². The summed E-state index contributed by atoms with van der Waals surface area (Å²) in [4.78, 5) is 0. The third-order valence-corrected chi connectivity index (χ3v) is 4.60. The van der Waals surface area contributed by atoms with Crippen molar-refractivity contribution in [1.82, 2.24) is 5.32 Å². The normalized spacial score (nSPS) is 22.4. The van der Waals surface area contributed by atoms with Crippen LogP contribution in [0.1, 0.15) is 51.0 Å². The Labute approximate surface area is 122 Å². The molecule has 1 aromatic rings. The SMILES string of the molecule is CCCNC(CCCC1Cc2ccccc2O1)C1CC1. The van der Waals surface area contributed by atoms with Gasteiger partial charge >= 0.3 is 0 Å². The Morgan fingerprint density at radius 3 is 2.90 bits per heavy atom. The van der Waals surface area contributed by atoms with Crippen molar-refractivity contribution in [2.75, 3.05) is 6.54 Å². The molecule has 1 aliphatic carbocycles. The molecule has 2 aliphatic rings. The molecule has 0 amide bonds. The summed E-state index contributed by atoms with van der Waals surface area (Å²) in [6, 6.07) is 9.25. The fourth-order valence-corrected chi connectivity index (χ4v) is 3.31. The van der Waals surface area contributed by atoms with Crippen LogP contribution in [0.15, 0.2) is 24.3 Å². The first-order chi connectivity index (χ1) is 9.86. The summed E-state index contributed by atoms with van der Waals surface area (Å²) >= 11 is 0. The van der Waals surface area contributed by atoms with E-state index in [0.717, 1.165) is 24.1 Å².